The van der Waals surface area contributed by atoms with Crippen LogP contribution in [-0.4, -0.2) is 31.2 Å². The standard InChI is InChI=1S/C8H16N.HI/c1-9(2)6-7-3-4-8(9)5-7;/h7-8H,3-6H2,1-2H3;1H/q+1;/p-1/t7?,8-;/m0./s1. The van der Waals surface area contributed by atoms with Gasteiger partial charge in [-0.2, -0.15) is 0 Å². The zero-order valence-electron chi connectivity index (χ0n) is 6.81. The van der Waals surface area contributed by atoms with E-state index in [0.29, 0.717) is 0 Å². The van der Waals surface area contributed by atoms with Gasteiger partial charge in [0.2, 0.25) is 0 Å². The van der Waals surface area contributed by atoms with Gasteiger partial charge in [-0.25, -0.2) is 0 Å². The summed E-state index contributed by atoms with van der Waals surface area (Å²) in [6.07, 6.45) is 4.54. The Morgan fingerprint density at radius 1 is 1.20 bits per heavy atom. The number of rotatable bonds is 0. The first-order valence-electron chi connectivity index (χ1n) is 4.01. The van der Waals surface area contributed by atoms with Crippen LogP contribution in [0.1, 0.15) is 19.3 Å². The highest BCUT2D eigenvalue weighted by Crippen LogP contribution is 2.40. The van der Waals surface area contributed by atoms with Crippen molar-refractivity contribution in [3.8, 4) is 0 Å². The molecule has 0 aromatic rings. The van der Waals surface area contributed by atoms with Gasteiger partial charge in [0.15, 0.2) is 0 Å². The van der Waals surface area contributed by atoms with Gasteiger partial charge in [0, 0.05) is 12.3 Å². The predicted octanol–water partition coefficient (Wildman–Crippen LogP) is -1.75. The monoisotopic (exact) mass is 253 g/mol. The van der Waals surface area contributed by atoms with Gasteiger partial charge in [0.1, 0.15) is 0 Å². The Kier molecular flexibility index (Phi) is 2.31. The third kappa shape index (κ3) is 1.20. The largest absolute Gasteiger partial charge is 1.00 e. The third-order valence-corrected chi connectivity index (χ3v) is 3.23. The topological polar surface area (TPSA) is 0 Å². The number of piperidine rings is 1. The van der Waals surface area contributed by atoms with Gasteiger partial charge in [-0.15, -0.1) is 0 Å². The van der Waals surface area contributed by atoms with Crippen molar-refractivity contribution in [1.82, 2.24) is 0 Å². The number of quaternary nitrogens is 1. The summed E-state index contributed by atoms with van der Waals surface area (Å²) in [5, 5.41) is 0. The molecule has 0 spiro atoms. The van der Waals surface area contributed by atoms with Crippen LogP contribution in [0.5, 0.6) is 0 Å². The fraction of sp³-hybridized carbons (Fsp3) is 1.00. The number of fused-ring (bicyclic) bond motifs is 2. The number of hydrogen-bond acceptors (Lipinski definition) is 0. The van der Waals surface area contributed by atoms with Crippen LogP contribution < -0.4 is 24.0 Å². The van der Waals surface area contributed by atoms with Crippen LogP contribution in [0, 0.1) is 5.92 Å². The molecule has 1 heterocycles. The minimum Gasteiger partial charge on any atom is -1.00 e. The average Bonchev–Trinajstić information content (AvgIpc) is 2.19. The van der Waals surface area contributed by atoms with Gasteiger partial charge in [0.25, 0.3) is 0 Å². The average molecular weight is 253 g/mol. The molecule has 1 saturated heterocycles. The normalized spacial score (nSPS) is 41.4. The number of likely N-dealkylation sites (tertiary alicyclic amines) is 1. The first kappa shape index (κ1) is 8.78. The van der Waals surface area contributed by atoms with E-state index in [2.05, 4.69) is 14.1 Å². The van der Waals surface area contributed by atoms with Crippen molar-refractivity contribution in [3.05, 3.63) is 0 Å². The molecule has 0 amide bonds. The molecular weight excluding hydrogens is 237 g/mol. The maximum absolute atomic E-state index is 2.38. The highest BCUT2D eigenvalue weighted by atomic mass is 127. The predicted molar refractivity (Wildman–Crippen MR) is 38.1 cm³/mol. The molecule has 2 heteroatoms. The van der Waals surface area contributed by atoms with Crippen LogP contribution in [0.15, 0.2) is 0 Å². The highest BCUT2D eigenvalue weighted by molar-refractivity contribution is 4.82. The maximum Gasteiger partial charge on any atom is 0.0891 e. The molecule has 60 valence electrons. The summed E-state index contributed by atoms with van der Waals surface area (Å²) in [6, 6.07) is 1.02. The number of nitrogens with zero attached hydrogens (tertiary/aromatic N) is 1. The molecule has 10 heavy (non-hydrogen) atoms. The van der Waals surface area contributed by atoms with Crippen LogP contribution in [0.3, 0.4) is 0 Å². The molecular formula is C8H16IN. The first-order valence-corrected chi connectivity index (χ1v) is 4.01. The Morgan fingerprint density at radius 3 is 2.10 bits per heavy atom. The van der Waals surface area contributed by atoms with E-state index in [0.717, 1.165) is 12.0 Å². The van der Waals surface area contributed by atoms with Crippen molar-refractivity contribution in [3.63, 3.8) is 0 Å². The number of halogens is 1. The summed E-state index contributed by atoms with van der Waals surface area (Å²) in [5.74, 6) is 1.09. The molecule has 0 radical (unpaired) electrons. The van der Waals surface area contributed by atoms with Gasteiger partial charge in [-0.3, -0.25) is 0 Å². The molecule has 1 nitrogen and oxygen atoms in total. The molecule has 1 saturated carbocycles. The molecule has 0 aromatic heterocycles. The lowest BCUT2D eigenvalue weighted by Gasteiger charge is -2.33. The number of hydrogen-bond donors (Lipinski definition) is 0. The van der Waals surface area contributed by atoms with Crippen LogP contribution in [0.25, 0.3) is 0 Å². The quantitative estimate of drug-likeness (QED) is 0.355. The summed E-state index contributed by atoms with van der Waals surface area (Å²) in [5.41, 5.74) is 0. The molecule has 2 fully saturated rings. The van der Waals surface area contributed by atoms with E-state index < -0.39 is 0 Å². The lowest BCUT2D eigenvalue weighted by molar-refractivity contribution is -0.907. The maximum atomic E-state index is 2.38. The van der Waals surface area contributed by atoms with Crippen molar-refractivity contribution in [2.75, 3.05) is 20.6 Å². The zero-order valence-corrected chi connectivity index (χ0v) is 8.97. The molecule has 2 bridgehead atoms. The zero-order chi connectivity index (χ0) is 6.48. The van der Waals surface area contributed by atoms with Crippen LogP contribution in [0.4, 0.5) is 0 Å². The molecule has 1 aliphatic carbocycles. The van der Waals surface area contributed by atoms with Gasteiger partial charge in [-0.05, 0) is 12.8 Å². The lowest BCUT2D eigenvalue weighted by Crippen LogP contribution is -3.00. The third-order valence-electron chi connectivity index (χ3n) is 3.23. The summed E-state index contributed by atoms with van der Waals surface area (Å²) < 4.78 is 1.31. The lowest BCUT2D eigenvalue weighted by atomic mass is 10.1. The second kappa shape index (κ2) is 2.63. The van der Waals surface area contributed by atoms with E-state index in [-0.39, 0.29) is 24.0 Å². The summed E-state index contributed by atoms with van der Waals surface area (Å²) in [6.45, 7) is 1.45. The van der Waals surface area contributed by atoms with E-state index in [1.54, 1.807) is 0 Å². The first-order chi connectivity index (χ1) is 4.18. The summed E-state index contributed by atoms with van der Waals surface area (Å²) in [4.78, 5) is 0. The summed E-state index contributed by atoms with van der Waals surface area (Å²) in [7, 11) is 4.76. The van der Waals surface area contributed by atoms with Crippen molar-refractivity contribution in [2.24, 2.45) is 5.92 Å². The van der Waals surface area contributed by atoms with E-state index >= 15 is 0 Å². The fourth-order valence-corrected chi connectivity index (χ4v) is 2.66. The molecule has 1 unspecified atom stereocenters. The Morgan fingerprint density at radius 2 is 1.90 bits per heavy atom. The highest BCUT2D eigenvalue weighted by Gasteiger charge is 2.45. The molecule has 0 aromatic carbocycles. The Balaban J connectivity index is 0.000000500. The van der Waals surface area contributed by atoms with Gasteiger partial charge in [0.05, 0.1) is 26.7 Å². The van der Waals surface area contributed by atoms with E-state index in [1.807, 2.05) is 0 Å². The smallest absolute Gasteiger partial charge is 0.0891 e. The van der Waals surface area contributed by atoms with Crippen LogP contribution in [-0.2, 0) is 0 Å². The van der Waals surface area contributed by atoms with Gasteiger partial charge < -0.3 is 28.5 Å². The Hall–Kier alpha value is 0.690. The summed E-state index contributed by atoms with van der Waals surface area (Å²) >= 11 is 0. The van der Waals surface area contributed by atoms with Crippen LogP contribution in [0.2, 0.25) is 0 Å². The fourth-order valence-electron chi connectivity index (χ4n) is 2.66. The Bertz CT molecular complexity index is 133. The van der Waals surface area contributed by atoms with E-state index in [9.17, 15) is 0 Å². The molecule has 0 N–H and O–H groups in total. The van der Waals surface area contributed by atoms with Crippen molar-refractivity contribution < 1.29 is 28.5 Å². The molecule has 2 atom stereocenters. The Labute approximate surface area is 80.4 Å². The van der Waals surface area contributed by atoms with Gasteiger partial charge in [-0.1, -0.05) is 0 Å². The molecule has 2 rings (SSSR count). The second-order valence-corrected chi connectivity index (χ2v) is 4.29. The van der Waals surface area contributed by atoms with E-state index in [4.69, 9.17) is 0 Å². The van der Waals surface area contributed by atoms with Crippen molar-refractivity contribution in [1.29, 1.82) is 0 Å². The SMILES string of the molecule is C[N+]1(C)CC2CC[C@H]1C2.[I-]. The minimum atomic E-state index is 0. The second-order valence-electron chi connectivity index (χ2n) is 4.29. The van der Waals surface area contributed by atoms with Gasteiger partial charge >= 0.3 is 0 Å². The molecule has 1 aliphatic heterocycles. The van der Waals surface area contributed by atoms with Crippen molar-refractivity contribution >= 4 is 0 Å². The molecule has 2 aliphatic rings. The van der Waals surface area contributed by atoms with E-state index in [1.165, 1.54) is 30.3 Å². The van der Waals surface area contributed by atoms with Crippen molar-refractivity contribution in [2.45, 2.75) is 25.3 Å². The minimum absolute atomic E-state index is 0. The van der Waals surface area contributed by atoms with Crippen LogP contribution >= 0.6 is 0 Å².